The van der Waals surface area contributed by atoms with E-state index in [1.54, 1.807) is 31.3 Å². The molecule has 0 amide bonds. The summed E-state index contributed by atoms with van der Waals surface area (Å²) in [7, 11) is 1.71. The quantitative estimate of drug-likeness (QED) is 0.885. The molecule has 0 fully saturated rings. The highest BCUT2D eigenvalue weighted by Crippen LogP contribution is 2.24. The summed E-state index contributed by atoms with van der Waals surface area (Å²) in [6.45, 7) is 5.95. The Balaban J connectivity index is 2.28. The number of aryl methyl sites for hydroxylation is 1. The maximum Gasteiger partial charge on any atom is 0.325 e. The molecule has 1 aromatic heterocycles. The van der Waals surface area contributed by atoms with E-state index in [0.717, 1.165) is 0 Å². The van der Waals surface area contributed by atoms with Crippen LogP contribution in [0.3, 0.4) is 0 Å². The van der Waals surface area contributed by atoms with Gasteiger partial charge in [-0.15, -0.1) is 10.2 Å². The highest BCUT2D eigenvalue weighted by Gasteiger charge is 2.26. The van der Waals surface area contributed by atoms with Crippen LogP contribution in [0.1, 0.15) is 42.9 Å². The van der Waals surface area contributed by atoms with Crippen LogP contribution in [0.5, 0.6) is 0 Å². The predicted molar refractivity (Wildman–Crippen MR) is 83.4 cm³/mol. The molecule has 0 aliphatic rings. The number of carbonyl (C=O) groups is 1. The highest BCUT2D eigenvalue weighted by atomic mass is 19.1. The minimum absolute atomic E-state index is 0.185. The van der Waals surface area contributed by atoms with Crippen LogP contribution >= 0.6 is 0 Å². The monoisotopic (exact) mass is 320 g/mol. The summed E-state index contributed by atoms with van der Waals surface area (Å²) in [6, 6.07) is 3.67. The van der Waals surface area contributed by atoms with Gasteiger partial charge < -0.3 is 9.67 Å². The Hall–Kier alpha value is -2.28. The van der Waals surface area contributed by atoms with E-state index >= 15 is 0 Å². The third kappa shape index (κ3) is 3.73. The first kappa shape index (κ1) is 17.1. The van der Waals surface area contributed by atoms with Crippen LogP contribution < -0.4 is 0 Å². The molecule has 2 rings (SSSR count). The van der Waals surface area contributed by atoms with Gasteiger partial charge in [-0.2, -0.15) is 0 Å². The van der Waals surface area contributed by atoms with Gasteiger partial charge in [0.2, 0.25) is 0 Å². The smallest absolute Gasteiger partial charge is 0.325 e. The molecule has 0 aliphatic carbocycles. The first-order valence-electron chi connectivity index (χ1n) is 7.38. The maximum absolute atomic E-state index is 13.4. The van der Waals surface area contributed by atoms with Crippen LogP contribution in [-0.4, -0.2) is 37.8 Å². The van der Waals surface area contributed by atoms with E-state index in [0.29, 0.717) is 23.5 Å². The van der Waals surface area contributed by atoms with Gasteiger partial charge >= 0.3 is 5.97 Å². The number of carboxylic acid groups (broad SMARTS) is 1. The lowest BCUT2D eigenvalue weighted by Crippen LogP contribution is -2.31. The van der Waals surface area contributed by atoms with E-state index in [9.17, 15) is 14.3 Å². The fourth-order valence-electron chi connectivity index (χ4n) is 2.55. The van der Waals surface area contributed by atoms with E-state index in [2.05, 4.69) is 10.2 Å². The molecular formula is C16H21FN4O2. The number of aliphatic carboxylic acids is 1. The molecule has 1 atom stereocenters. The lowest BCUT2D eigenvalue weighted by Gasteiger charge is -2.25. The average Bonchev–Trinajstić information content (AvgIpc) is 2.90. The van der Waals surface area contributed by atoms with Crippen molar-refractivity contribution in [3.8, 4) is 0 Å². The Morgan fingerprint density at radius 3 is 2.70 bits per heavy atom. The molecule has 124 valence electrons. The Morgan fingerprint density at radius 2 is 2.13 bits per heavy atom. The third-order valence-electron chi connectivity index (χ3n) is 3.77. The second kappa shape index (κ2) is 6.87. The van der Waals surface area contributed by atoms with Crippen LogP contribution in [-0.2, 0) is 11.3 Å². The van der Waals surface area contributed by atoms with E-state index in [1.807, 2.05) is 18.4 Å². The van der Waals surface area contributed by atoms with Gasteiger partial charge in [-0.25, -0.2) is 4.39 Å². The summed E-state index contributed by atoms with van der Waals surface area (Å²) in [5, 5.41) is 17.5. The molecule has 0 spiro atoms. The van der Waals surface area contributed by atoms with Crippen molar-refractivity contribution in [2.75, 3.05) is 7.05 Å². The van der Waals surface area contributed by atoms with E-state index in [1.165, 1.54) is 12.1 Å². The van der Waals surface area contributed by atoms with Crippen LogP contribution in [0, 0.1) is 12.7 Å². The normalized spacial score (nSPS) is 12.8. The van der Waals surface area contributed by atoms with E-state index in [4.69, 9.17) is 0 Å². The number of likely N-dealkylation sites (N-methyl/N-ethyl adjacent to an activating group) is 1. The molecule has 1 N–H and O–H groups in total. The fraction of sp³-hybridized carbons (Fsp3) is 0.438. The molecule has 1 unspecified atom stereocenters. The summed E-state index contributed by atoms with van der Waals surface area (Å²) in [6.07, 6.45) is 1.63. The van der Waals surface area contributed by atoms with Crippen molar-refractivity contribution in [1.29, 1.82) is 0 Å². The van der Waals surface area contributed by atoms with Crippen LogP contribution in [0.4, 0.5) is 4.39 Å². The minimum atomic E-state index is -0.992. The molecule has 2 aromatic rings. The second-order valence-electron chi connectivity index (χ2n) is 5.91. The van der Waals surface area contributed by atoms with Gasteiger partial charge in [0.05, 0.1) is 6.54 Å². The summed E-state index contributed by atoms with van der Waals surface area (Å²) in [4.78, 5) is 13.4. The minimum Gasteiger partial charge on any atom is -0.480 e. The molecule has 7 heteroatoms. The molecular weight excluding hydrogens is 299 g/mol. The van der Waals surface area contributed by atoms with Crippen LogP contribution in [0.2, 0.25) is 0 Å². The standard InChI is InChI=1S/C16H21FN4O2/c1-10(2)21-9-18-19-14(21)8-20(4)15(16(22)23)12-5-6-13(17)11(3)7-12/h5-7,9-10,15H,8H2,1-4H3,(H,22,23). The molecule has 1 aromatic carbocycles. The lowest BCUT2D eigenvalue weighted by molar-refractivity contribution is -0.143. The van der Waals surface area contributed by atoms with Gasteiger partial charge in [0.15, 0.2) is 0 Å². The maximum atomic E-state index is 13.4. The molecule has 6 nitrogen and oxygen atoms in total. The first-order valence-corrected chi connectivity index (χ1v) is 7.38. The van der Waals surface area contributed by atoms with Gasteiger partial charge in [0, 0.05) is 6.04 Å². The Morgan fingerprint density at radius 1 is 1.43 bits per heavy atom. The highest BCUT2D eigenvalue weighted by molar-refractivity contribution is 5.75. The Labute approximate surface area is 134 Å². The summed E-state index contributed by atoms with van der Waals surface area (Å²) >= 11 is 0. The van der Waals surface area contributed by atoms with Gasteiger partial charge in [0.1, 0.15) is 24.0 Å². The van der Waals surface area contributed by atoms with Crippen LogP contribution in [0.15, 0.2) is 24.5 Å². The van der Waals surface area contributed by atoms with E-state index in [-0.39, 0.29) is 11.9 Å². The summed E-state index contributed by atoms with van der Waals surface area (Å²) < 4.78 is 15.3. The molecule has 0 aliphatic heterocycles. The Bertz CT molecular complexity index is 699. The van der Waals surface area contributed by atoms with Gasteiger partial charge in [-0.05, 0) is 45.0 Å². The summed E-state index contributed by atoms with van der Waals surface area (Å²) in [5.41, 5.74) is 0.960. The largest absolute Gasteiger partial charge is 0.480 e. The topological polar surface area (TPSA) is 71.2 Å². The second-order valence-corrected chi connectivity index (χ2v) is 5.91. The van der Waals surface area contributed by atoms with Gasteiger partial charge in [-0.1, -0.05) is 12.1 Å². The molecule has 0 bridgehead atoms. The fourth-order valence-corrected chi connectivity index (χ4v) is 2.55. The van der Waals surface area contributed by atoms with Gasteiger partial charge in [-0.3, -0.25) is 9.69 Å². The molecule has 0 saturated heterocycles. The van der Waals surface area contributed by atoms with Crippen LogP contribution in [0.25, 0.3) is 0 Å². The van der Waals surface area contributed by atoms with Crippen molar-refractivity contribution in [3.63, 3.8) is 0 Å². The Kier molecular flexibility index (Phi) is 5.10. The zero-order chi connectivity index (χ0) is 17.1. The molecule has 23 heavy (non-hydrogen) atoms. The average molecular weight is 320 g/mol. The molecule has 1 heterocycles. The summed E-state index contributed by atoms with van der Waals surface area (Å²) in [5.74, 6) is -0.651. The molecule has 0 radical (unpaired) electrons. The number of halogens is 1. The van der Waals surface area contributed by atoms with E-state index < -0.39 is 12.0 Å². The SMILES string of the molecule is Cc1cc(C(C(=O)O)N(C)Cc2nncn2C(C)C)ccc1F. The molecule has 0 saturated carbocycles. The third-order valence-corrected chi connectivity index (χ3v) is 3.77. The number of benzene rings is 1. The predicted octanol–water partition coefficient (Wildman–Crippen LogP) is 2.56. The number of hydrogen-bond acceptors (Lipinski definition) is 4. The van der Waals surface area contributed by atoms with Crippen molar-refractivity contribution in [2.24, 2.45) is 0 Å². The van der Waals surface area contributed by atoms with Crippen molar-refractivity contribution in [2.45, 2.75) is 39.4 Å². The van der Waals surface area contributed by atoms with Crippen molar-refractivity contribution >= 4 is 5.97 Å². The zero-order valence-electron chi connectivity index (χ0n) is 13.7. The van der Waals surface area contributed by atoms with Gasteiger partial charge in [0.25, 0.3) is 0 Å². The van der Waals surface area contributed by atoms with Crippen molar-refractivity contribution in [3.05, 3.63) is 47.3 Å². The number of aromatic nitrogens is 3. The zero-order valence-corrected chi connectivity index (χ0v) is 13.7. The van der Waals surface area contributed by atoms with Crippen molar-refractivity contribution < 1.29 is 14.3 Å². The number of hydrogen-bond donors (Lipinski definition) is 1. The number of carboxylic acids is 1. The lowest BCUT2D eigenvalue weighted by atomic mass is 10.0. The number of rotatable bonds is 6. The first-order chi connectivity index (χ1) is 10.8. The number of nitrogens with zero attached hydrogens (tertiary/aromatic N) is 4. The van der Waals surface area contributed by atoms with Crippen molar-refractivity contribution in [1.82, 2.24) is 19.7 Å².